The van der Waals surface area contributed by atoms with Crippen LogP contribution in [0, 0.1) is 10.1 Å². The Bertz CT molecular complexity index is 883. The standard InChI is InChI=1S/C16H18F3N5O4/c1-20-13(25)11-9-10(24(27)28)3-4-12(11)21-6-5-15(26,16(17,18)19)14-22-7-8-23(14)2/h3-4,7-9,21,26H,5-6H2,1-2H3,(H,20,25). The molecular weight excluding hydrogens is 383 g/mol. The minimum Gasteiger partial charge on any atom is -0.384 e. The van der Waals surface area contributed by atoms with Crippen LogP contribution in [0.3, 0.4) is 0 Å². The van der Waals surface area contributed by atoms with E-state index in [1.165, 1.54) is 26.4 Å². The molecule has 28 heavy (non-hydrogen) atoms. The molecule has 0 aliphatic carbocycles. The SMILES string of the molecule is CNC(=O)c1cc([N+](=O)[O-])ccc1NCCC(O)(c1nccn1C)C(F)(F)F. The smallest absolute Gasteiger partial charge is 0.384 e. The molecule has 0 aliphatic heterocycles. The number of imidazole rings is 1. The minimum atomic E-state index is -4.99. The van der Waals surface area contributed by atoms with Gasteiger partial charge in [-0.05, 0) is 6.07 Å². The van der Waals surface area contributed by atoms with Crippen LogP contribution in [0.15, 0.2) is 30.6 Å². The van der Waals surface area contributed by atoms with Crippen LogP contribution in [-0.2, 0) is 12.6 Å². The number of nitro benzene ring substituents is 1. The number of aliphatic hydroxyl groups is 1. The zero-order chi connectivity index (χ0) is 21.1. The highest BCUT2D eigenvalue weighted by Crippen LogP contribution is 2.40. The summed E-state index contributed by atoms with van der Waals surface area (Å²) in [5.41, 5.74) is -3.57. The van der Waals surface area contributed by atoms with Crippen molar-refractivity contribution in [2.24, 2.45) is 7.05 Å². The van der Waals surface area contributed by atoms with Crippen molar-refractivity contribution >= 4 is 17.3 Å². The van der Waals surface area contributed by atoms with Crippen LogP contribution >= 0.6 is 0 Å². The Kier molecular flexibility index (Phi) is 5.92. The number of benzene rings is 1. The van der Waals surface area contributed by atoms with E-state index in [4.69, 9.17) is 0 Å². The van der Waals surface area contributed by atoms with Crippen molar-refractivity contribution in [1.29, 1.82) is 0 Å². The van der Waals surface area contributed by atoms with Crippen LogP contribution in [0.25, 0.3) is 0 Å². The first-order valence-electron chi connectivity index (χ1n) is 8.02. The van der Waals surface area contributed by atoms with E-state index >= 15 is 0 Å². The molecule has 1 aromatic heterocycles. The topological polar surface area (TPSA) is 122 Å². The van der Waals surface area contributed by atoms with E-state index < -0.39 is 34.9 Å². The predicted octanol–water partition coefficient (Wildman–Crippen LogP) is 1.94. The van der Waals surface area contributed by atoms with Gasteiger partial charge in [0.1, 0.15) is 5.82 Å². The largest absolute Gasteiger partial charge is 0.424 e. The van der Waals surface area contributed by atoms with Gasteiger partial charge in [-0.1, -0.05) is 0 Å². The number of carbonyl (C=O) groups excluding carboxylic acids is 1. The lowest BCUT2D eigenvalue weighted by Gasteiger charge is -2.30. The molecule has 2 aromatic rings. The fraction of sp³-hybridized carbons (Fsp3) is 0.375. The molecule has 1 aromatic carbocycles. The van der Waals surface area contributed by atoms with Crippen molar-refractivity contribution in [2.45, 2.75) is 18.2 Å². The third-order valence-electron chi connectivity index (χ3n) is 4.15. The summed E-state index contributed by atoms with van der Waals surface area (Å²) in [6.45, 7) is -0.384. The summed E-state index contributed by atoms with van der Waals surface area (Å²) >= 11 is 0. The van der Waals surface area contributed by atoms with E-state index in [1.54, 1.807) is 0 Å². The van der Waals surface area contributed by atoms with Crippen LogP contribution in [0.1, 0.15) is 22.6 Å². The van der Waals surface area contributed by atoms with Crippen molar-refractivity contribution in [2.75, 3.05) is 18.9 Å². The van der Waals surface area contributed by atoms with Gasteiger partial charge in [-0.15, -0.1) is 0 Å². The summed E-state index contributed by atoms with van der Waals surface area (Å²) in [7, 11) is 2.64. The van der Waals surface area contributed by atoms with Gasteiger partial charge >= 0.3 is 6.18 Å². The third-order valence-corrected chi connectivity index (χ3v) is 4.15. The van der Waals surface area contributed by atoms with Crippen LogP contribution in [0.4, 0.5) is 24.5 Å². The average Bonchev–Trinajstić information content (AvgIpc) is 3.06. The van der Waals surface area contributed by atoms with Gasteiger partial charge in [-0.25, -0.2) is 4.98 Å². The molecule has 0 saturated heterocycles. The highest BCUT2D eigenvalue weighted by Gasteiger charge is 2.57. The second kappa shape index (κ2) is 7.84. The van der Waals surface area contributed by atoms with Crippen molar-refractivity contribution in [3.05, 3.63) is 52.1 Å². The summed E-state index contributed by atoms with van der Waals surface area (Å²) in [5, 5.41) is 26.1. The number of alkyl halides is 3. The van der Waals surface area contributed by atoms with E-state index in [0.717, 1.165) is 22.9 Å². The highest BCUT2D eigenvalue weighted by atomic mass is 19.4. The Hall–Kier alpha value is -3.15. The van der Waals surface area contributed by atoms with Crippen molar-refractivity contribution < 1.29 is 28.0 Å². The van der Waals surface area contributed by atoms with E-state index in [2.05, 4.69) is 15.6 Å². The van der Waals surface area contributed by atoms with E-state index in [9.17, 15) is 33.2 Å². The Morgan fingerprint density at radius 3 is 2.57 bits per heavy atom. The number of hydrogen-bond donors (Lipinski definition) is 3. The number of anilines is 1. The number of nitrogens with zero attached hydrogens (tertiary/aromatic N) is 3. The Morgan fingerprint density at radius 2 is 2.07 bits per heavy atom. The fourth-order valence-electron chi connectivity index (χ4n) is 2.64. The Balaban J connectivity index is 2.26. The van der Waals surface area contributed by atoms with Crippen molar-refractivity contribution in [1.82, 2.24) is 14.9 Å². The quantitative estimate of drug-likeness (QED) is 0.481. The fourth-order valence-corrected chi connectivity index (χ4v) is 2.64. The normalized spacial score (nSPS) is 13.6. The van der Waals surface area contributed by atoms with E-state index in [1.807, 2.05) is 0 Å². The van der Waals surface area contributed by atoms with Crippen molar-refractivity contribution in [3.63, 3.8) is 0 Å². The van der Waals surface area contributed by atoms with Gasteiger partial charge in [-0.3, -0.25) is 14.9 Å². The van der Waals surface area contributed by atoms with Crippen LogP contribution < -0.4 is 10.6 Å². The Morgan fingerprint density at radius 1 is 1.39 bits per heavy atom. The lowest BCUT2D eigenvalue weighted by atomic mass is 9.97. The van der Waals surface area contributed by atoms with Gasteiger partial charge < -0.3 is 20.3 Å². The molecule has 1 atom stereocenters. The molecule has 0 bridgehead atoms. The monoisotopic (exact) mass is 401 g/mol. The average molecular weight is 401 g/mol. The second-order valence-electron chi connectivity index (χ2n) is 5.96. The number of aromatic nitrogens is 2. The van der Waals surface area contributed by atoms with Gasteiger partial charge in [0, 0.05) is 57.3 Å². The number of carbonyl (C=O) groups is 1. The summed E-state index contributed by atoms with van der Waals surface area (Å²) in [6, 6.07) is 3.34. The molecule has 3 N–H and O–H groups in total. The number of amides is 1. The number of aryl methyl sites for hydroxylation is 1. The van der Waals surface area contributed by atoms with E-state index in [-0.39, 0.29) is 23.5 Å². The van der Waals surface area contributed by atoms with Gasteiger partial charge in [0.25, 0.3) is 11.6 Å². The van der Waals surface area contributed by atoms with Crippen LogP contribution in [-0.4, -0.2) is 45.3 Å². The molecule has 0 fully saturated rings. The summed E-state index contributed by atoms with van der Waals surface area (Å²) in [6.07, 6.45) is -3.38. The lowest BCUT2D eigenvalue weighted by molar-refractivity contribution is -0.384. The summed E-state index contributed by atoms with van der Waals surface area (Å²) in [4.78, 5) is 25.7. The molecule has 1 unspecified atom stereocenters. The maximum Gasteiger partial charge on any atom is 0.424 e. The first-order valence-corrected chi connectivity index (χ1v) is 8.02. The molecular formula is C16H18F3N5O4. The van der Waals surface area contributed by atoms with Crippen LogP contribution in [0.5, 0.6) is 0 Å². The maximum absolute atomic E-state index is 13.5. The number of hydrogen-bond acceptors (Lipinski definition) is 6. The predicted molar refractivity (Wildman–Crippen MR) is 92.8 cm³/mol. The molecule has 9 nitrogen and oxygen atoms in total. The van der Waals surface area contributed by atoms with Gasteiger partial charge in [0.15, 0.2) is 0 Å². The van der Waals surface area contributed by atoms with Crippen LogP contribution in [0.2, 0.25) is 0 Å². The molecule has 0 spiro atoms. The van der Waals surface area contributed by atoms with Gasteiger partial charge in [0.2, 0.25) is 5.60 Å². The molecule has 1 heterocycles. The molecule has 152 valence electrons. The molecule has 0 aliphatic rings. The highest BCUT2D eigenvalue weighted by molar-refractivity contribution is 6.00. The first-order chi connectivity index (χ1) is 13.0. The molecule has 2 rings (SSSR count). The van der Waals surface area contributed by atoms with E-state index in [0.29, 0.717) is 0 Å². The first kappa shape index (κ1) is 21.2. The lowest BCUT2D eigenvalue weighted by Crippen LogP contribution is -2.45. The molecule has 1 amide bonds. The molecule has 0 saturated carbocycles. The van der Waals surface area contributed by atoms with Gasteiger partial charge in [0.05, 0.1) is 10.5 Å². The zero-order valence-electron chi connectivity index (χ0n) is 14.9. The Labute approximate surface area is 157 Å². The summed E-state index contributed by atoms with van der Waals surface area (Å²) < 4.78 is 41.6. The van der Waals surface area contributed by atoms with Gasteiger partial charge in [-0.2, -0.15) is 13.2 Å². The van der Waals surface area contributed by atoms with Crippen molar-refractivity contribution in [3.8, 4) is 0 Å². The number of nitro groups is 1. The second-order valence-corrected chi connectivity index (χ2v) is 5.96. The number of nitrogens with one attached hydrogen (secondary N) is 2. The third kappa shape index (κ3) is 4.06. The maximum atomic E-state index is 13.5. The number of non-ortho nitro benzene ring substituents is 1. The number of halogens is 3. The molecule has 12 heteroatoms. The summed E-state index contributed by atoms with van der Waals surface area (Å²) in [5.74, 6) is -1.22. The minimum absolute atomic E-state index is 0.0920. The zero-order valence-corrected chi connectivity index (χ0v) is 14.9. The molecule has 0 radical (unpaired) electrons. The number of rotatable bonds is 7.